The maximum atomic E-state index is 13.0. The van der Waals surface area contributed by atoms with Crippen LogP contribution in [0.3, 0.4) is 0 Å². The molecule has 0 saturated heterocycles. The highest BCUT2D eigenvalue weighted by Gasteiger charge is 2.44. The number of allylic oxidation sites excluding steroid dienone is 2. The van der Waals surface area contributed by atoms with Crippen LogP contribution >= 0.6 is 0 Å². The third-order valence-electron chi connectivity index (χ3n) is 4.90. The molecule has 1 aromatic carbocycles. The van der Waals surface area contributed by atoms with Crippen molar-refractivity contribution in [2.45, 2.75) is 39.5 Å². The Labute approximate surface area is 159 Å². The summed E-state index contributed by atoms with van der Waals surface area (Å²) in [6.45, 7) is 5.96. The summed E-state index contributed by atoms with van der Waals surface area (Å²) < 4.78 is 16.2. The van der Waals surface area contributed by atoms with E-state index in [1.807, 2.05) is 26.0 Å². The molecule has 0 spiro atoms. The lowest BCUT2D eigenvalue weighted by Gasteiger charge is -2.37. The van der Waals surface area contributed by atoms with Crippen molar-refractivity contribution >= 4 is 11.8 Å². The molecule has 27 heavy (non-hydrogen) atoms. The van der Waals surface area contributed by atoms with Crippen molar-refractivity contribution in [3.63, 3.8) is 0 Å². The van der Waals surface area contributed by atoms with Gasteiger partial charge in [0.05, 0.1) is 19.6 Å². The average Bonchev–Trinajstić information content (AvgIpc) is 2.59. The lowest BCUT2D eigenvalue weighted by molar-refractivity contribution is -0.139. The van der Waals surface area contributed by atoms with Gasteiger partial charge in [-0.1, -0.05) is 26.0 Å². The van der Waals surface area contributed by atoms with Crippen LogP contribution in [0.25, 0.3) is 0 Å². The van der Waals surface area contributed by atoms with Crippen molar-refractivity contribution in [2.24, 2.45) is 11.1 Å². The van der Waals surface area contributed by atoms with E-state index >= 15 is 0 Å². The summed E-state index contributed by atoms with van der Waals surface area (Å²) in [7, 11) is 1.58. The monoisotopic (exact) mass is 371 g/mol. The molecule has 2 aliphatic rings. The Balaban J connectivity index is 2.15. The Morgan fingerprint density at radius 1 is 1.26 bits per heavy atom. The van der Waals surface area contributed by atoms with Crippen LogP contribution < -0.4 is 10.5 Å². The normalized spacial score (nSPS) is 21.5. The zero-order valence-electron chi connectivity index (χ0n) is 16.1. The number of Topliss-reactive ketones (excluding diaryl/α,β-unsaturated/α-hetero) is 1. The van der Waals surface area contributed by atoms with Gasteiger partial charge in [-0.2, -0.15) is 0 Å². The molecule has 0 bridgehead atoms. The zero-order chi connectivity index (χ0) is 19.8. The minimum Gasteiger partial charge on any atom is -0.497 e. The Bertz CT molecular complexity index is 833. The number of ketones is 1. The van der Waals surface area contributed by atoms with Gasteiger partial charge in [0, 0.05) is 18.4 Å². The summed E-state index contributed by atoms with van der Waals surface area (Å²) in [5.41, 5.74) is 7.34. The molecule has 0 unspecified atom stereocenters. The number of hydrogen-bond donors (Lipinski definition) is 1. The summed E-state index contributed by atoms with van der Waals surface area (Å²) in [5, 5.41) is 0. The van der Waals surface area contributed by atoms with E-state index in [-0.39, 0.29) is 29.3 Å². The molecule has 6 heteroatoms. The third kappa shape index (κ3) is 3.56. The molecule has 0 radical (unpaired) electrons. The molecule has 1 aromatic rings. The van der Waals surface area contributed by atoms with Crippen molar-refractivity contribution in [3.05, 3.63) is 52.6 Å². The maximum Gasteiger partial charge on any atom is 0.340 e. The van der Waals surface area contributed by atoms with Crippen molar-refractivity contribution in [1.29, 1.82) is 0 Å². The fourth-order valence-electron chi connectivity index (χ4n) is 3.72. The first kappa shape index (κ1) is 19.0. The third-order valence-corrected chi connectivity index (χ3v) is 4.90. The van der Waals surface area contributed by atoms with Crippen LogP contribution in [0.5, 0.6) is 5.75 Å². The Morgan fingerprint density at radius 3 is 2.52 bits per heavy atom. The second-order valence-electron chi connectivity index (χ2n) is 7.58. The minimum atomic E-state index is -0.609. The van der Waals surface area contributed by atoms with Crippen LogP contribution in [-0.4, -0.2) is 25.5 Å². The number of hydrogen-bond acceptors (Lipinski definition) is 6. The van der Waals surface area contributed by atoms with E-state index in [1.54, 1.807) is 26.2 Å². The lowest BCUT2D eigenvalue weighted by Crippen LogP contribution is -2.35. The number of ether oxygens (including phenoxy) is 3. The maximum absolute atomic E-state index is 13.0. The summed E-state index contributed by atoms with van der Waals surface area (Å²) in [6.07, 6.45) is 0.968. The Kier molecular flexibility index (Phi) is 5.00. The van der Waals surface area contributed by atoms with Gasteiger partial charge in [0.2, 0.25) is 5.88 Å². The fourth-order valence-corrected chi connectivity index (χ4v) is 3.72. The summed E-state index contributed by atoms with van der Waals surface area (Å²) in [5.74, 6) is 0.0190. The van der Waals surface area contributed by atoms with Gasteiger partial charge in [-0.05, 0) is 30.0 Å². The number of esters is 1. The molecule has 1 aliphatic heterocycles. The highest BCUT2D eigenvalue weighted by molar-refractivity contribution is 6.03. The van der Waals surface area contributed by atoms with Crippen LogP contribution in [0.2, 0.25) is 0 Å². The van der Waals surface area contributed by atoms with Crippen molar-refractivity contribution in [1.82, 2.24) is 0 Å². The number of methoxy groups -OCH3 is 1. The SMILES string of the molecule is CCOC(=O)C1=C(N)OC2=C(C(=O)CC(C)(C)C2)[C@H]1c1ccc(OC)cc1. The fraction of sp³-hybridized carbons (Fsp3) is 0.429. The summed E-state index contributed by atoms with van der Waals surface area (Å²) in [4.78, 5) is 25.6. The smallest absolute Gasteiger partial charge is 0.340 e. The molecular formula is C21H25NO5. The van der Waals surface area contributed by atoms with E-state index in [2.05, 4.69) is 0 Å². The molecule has 2 N–H and O–H groups in total. The minimum absolute atomic E-state index is 0.00137. The molecule has 3 rings (SSSR count). The molecule has 0 aromatic heterocycles. The Morgan fingerprint density at radius 2 is 1.93 bits per heavy atom. The van der Waals surface area contributed by atoms with E-state index < -0.39 is 11.9 Å². The molecule has 1 heterocycles. The van der Waals surface area contributed by atoms with Gasteiger partial charge in [-0.3, -0.25) is 4.79 Å². The van der Waals surface area contributed by atoms with Gasteiger partial charge in [-0.15, -0.1) is 0 Å². The molecule has 1 aliphatic carbocycles. The van der Waals surface area contributed by atoms with Gasteiger partial charge in [-0.25, -0.2) is 4.79 Å². The van der Waals surface area contributed by atoms with Crippen molar-refractivity contribution in [3.8, 4) is 5.75 Å². The van der Waals surface area contributed by atoms with Crippen LogP contribution in [0.1, 0.15) is 45.1 Å². The van der Waals surface area contributed by atoms with Gasteiger partial charge in [0.1, 0.15) is 17.1 Å². The first-order chi connectivity index (χ1) is 12.8. The second-order valence-corrected chi connectivity index (χ2v) is 7.58. The molecular weight excluding hydrogens is 346 g/mol. The quantitative estimate of drug-likeness (QED) is 0.818. The van der Waals surface area contributed by atoms with Crippen LogP contribution in [0, 0.1) is 5.41 Å². The lowest BCUT2D eigenvalue weighted by atomic mass is 9.70. The van der Waals surface area contributed by atoms with Gasteiger partial charge in [0.25, 0.3) is 0 Å². The van der Waals surface area contributed by atoms with Gasteiger partial charge < -0.3 is 19.9 Å². The number of carbonyl (C=O) groups excluding carboxylic acids is 2. The molecule has 6 nitrogen and oxygen atoms in total. The van der Waals surface area contributed by atoms with Crippen LogP contribution in [0.15, 0.2) is 47.1 Å². The van der Waals surface area contributed by atoms with E-state index in [9.17, 15) is 9.59 Å². The van der Waals surface area contributed by atoms with Gasteiger partial charge >= 0.3 is 5.97 Å². The largest absolute Gasteiger partial charge is 0.497 e. The molecule has 144 valence electrons. The van der Waals surface area contributed by atoms with E-state index in [1.165, 1.54) is 0 Å². The van der Waals surface area contributed by atoms with E-state index in [4.69, 9.17) is 19.9 Å². The average molecular weight is 371 g/mol. The summed E-state index contributed by atoms with van der Waals surface area (Å²) in [6, 6.07) is 7.25. The predicted octanol–water partition coefficient (Wildman–Crippen LogP) is 3.19. The van der Waals surface area contributed by atoms with E-state index in [0.29, 0.717) is 29.9 Å². The first-order valence-electron chi connectivity index (χ1n) is 9.02. The van der Waals surface area contributed by atoms with Gasteiger partial charge in [0.15, 0.2) is 5.78 Å². The first-order valence-corrected chi connectivity index (χ1v) is 9.02. The highest BCUT2D eigenvalue weighted by atomic mass is 16.5. The van der Waals surface area contributed by atoms with E-state index in [0.717, 1.165) is 5.56 Å². The topological polar surface area (TPSA) is 87.9 Å². The van der Waals surface area contributed by atoms with Crippen LogP contribution in [-0.2, 0) is 19.1 Å². The van der Waals surface area contributed by atoms with Crippen LogP contribution in [0.4, 0.5) is 0 Å². The number of carbonyl (C=O) groups is 2. The second kappa shape index (κ2) is 7.10. The standard InChI is InChI=1S/C21H25NO5/c1-5-26-20(24)18-16(12-6-8-13(25-4)9-7-12)17-14(23)10-21(2,3)11-15(17)27-19(18)22/h6-9,16H,5,10-11,22H2,1-4H3/t16-/m1/s1. The molecule has 0 saturated carbocycles. The van der Waals surface area contributed by atoms with Crippen molar-refractivity contribution in [2.75, 3.05) is 13.7 Å². The Hall–Kier alpha value is -2.76. The van der Waals surface area contributed by atoms with Crippen molar-refractivity contribution < 1.29 is 23.8 Å². The number of nitrogens with two attached hydrogens (primary N) is 1. The number of benzene rings is 1. The highest BCUT2D eigenvalue weighted by Crippen LogP contribution is 2.48. The predicted molar refractivity (Wildman–Crippen MR) is 99.7 cm³/mol. The zero-order valence-corrected chi connectivity index (χ0v) is 16.1. The molecule has 0 amide bonds. The number of rotatable bonds is 4. The molecule has 0 fully saturated rings. The summed E-state index contributed by atoms with van der Waals surface area (Å²) >= 11 is 0. The molecule has 1 atom stereocenters.